The number of nitrogens with zero attached hydrogens (tertiary/aromatic N) is 3. The van der Waals surface area contributed by atoms with E-state index >= 15 is 0 Å². The molecule has 0 spiro atoms. The summed E-state index contributed by atoms with van der Waals surface area (Å²) in [6.07, 6.45) is 5.64. The summed E-state index contributed by atoms with van der Waals surface area (Å²) in [5.41, 5.74) is 2.74. The van der Waals surface area contributed by atoms with Crippen molar-refractivity contribution in [3.8, 4) is 0 Å². The van der Waals surface area contributed by atoms with E-state index in [0.717, 1.165) is 23.5 Å². The van der Waals surface area contributed by atoms with Gasteiger partial charge in [0.05, 0.1) is 17.1 Å². The fourth-order valence-electron chi connectivity index (χ4n) is 3.32. The maximum absolute atomic E-state index is 12.6. The summed E-state index contributed by atoms with van der Waals surface area (Å²) in [4.78, 5) is 14.5. The number of anilines is 1. The van der Waals surface area contributed by atoms with Crippen molar-refractivity contribution < 1.29 is 4.79 Å². The second kappa shape index (κ2) is 6.94. The molecule has 5 nitrogen and oxygen atoms in total. The standard InChI is InChI=1S/C16H28N4OS/c1-10(2)20-12(4)15(11(3)18-20)17-16(21)19(5)13-8-7-9-14(13)22-6/h10,13-14H,7-9H2,1-6H3,(H,17,21)/t13-,14-/m1/s1. The molecule has 1 aromatic heterocycles. The van der Waals surface area contributed by atoms with Gasteiger partial charge in [-0.1, -0.05) is 6.42 Å². The van der Waals surface area contributed by atoms with Crippen LogP contribution in [-0.4, -0.2) is 45.3 Å². The molecule has 1 N–H and O–H groups in total. The van der Waals surface area contributed by atoms with E-state index in [9.17, 15) is 4.79 Å². The Morgan fingerprint density at radius 1 is 1.41 bits per heavy atom. The predicted octanol–water partition coefficient (Wildman–Crippen LogP) is 3.83. The Bertz CT molecular complexity index is 540. The Morgan fingerprint density at radius 2 is 2.09 bits per heavy atom. The molecule has 2 atom stereocenters. The Balaban J connectivity index is 2.12. The molecule has 6 heteroatoms. The number of nitrogens with one attached hydrogen (secondary N) is 1. The molecule has 0 aromatic carbocycles. The zero-order chi connectivity index (χ0) is 16.4. The monoisotopic (exact) mass is 324 g/mol. The highest BCUT2D eigenvalue weighted by molar-refractivity contribution is 7.99. The Labute approximate surface area is 137 Å². The van der Waals surface area contributed by atoms with E-state index in [4.69, 9.17) is 0 Å². The lowest BCUT2D eigenvalue weighted by molar-refractivity contribution is 0.206. The van der Waals surface area contributed by atoms with E-state index in [-0.39, 0.29) is 12.1 Å². The first kappa shape index (κ1) is 17.2. The van der Waals surface area contributed by atoms with E-state index in [1.807, 2.05) is 42.2 Å². The first-order chi connectivity index (χ1) is 10.4. The van der Waals surface area contributed by atoms with E-state index in [0.29, 0.717) is 11.3 Å². The van der Waals surface area contributed by atoms with Crippen molar-refractivity contribution in [2.75, 3.05) is 18.6 Å². The maximum Gasteiger partial charge on any atom is 0.321 e. The molecule has 1 saturated carbocycles. The molecule has 0 radical (unpaired) electrons. The first-order valence-corrected chi connectivity index (χ1v) is 9.27. The zero-order valence-corrected chi connectivity index (χ0v) is 15.3. The van der Waals surface area contributed by atoms with Crippen molar-refractivity contribution in [1.29, 1.82) is 0 Å². The highest BCUT2D eigenvalue weighted by atomic mass is 32.2. The number of urea groups is 1. The summed E-state index contributed by atoms with van der Waals surface area (Å²) in [6, 6.07) is 0.592. The van der Waals surface area contributed by atoms with Gasteiger partial charge in [0, 0.05) is 24.4 Å². The second-order valence-corrected chi connectivity index (χ2v) is 7.47. The molecule has 1 heterocycles. The van der Waals surface area contributed by atoms with Crippen molar-refractivity contribution in [1.82, 2.24) is 14.7 Å². The second-order valence-electron chi connectivity index (χ2n) is 6.40. The number of aryl methyl sites for hydroxylation is 1. The number of carbonyl (C=O) groups is 1. The van der Waals surface area contributed by atoms with Crippen LogP contribution < -0.4 is 5.32 Å². The molecule has 0 unspecified atom stereocenters. The van der Waals surface area contributed by atoms with Gasteiger partial charge in [0.1, 0.15) is 0 Å². The van der Waals surface area contributed by atoms with Crippen molar-refractivity contribution in [3.05, 3.63) is 11.4 Å². The molecule has 0 saturated heterocycles. The van der Waals surface area contributed by atoms with Crippen molar-refractivity contribution in [2.24, 2.45) is 0 Å². The maximum atomic E-state index is 12.6. The molecule has 2 rings (SSSR count). The zero-order valence-electron chi connectivity index (χ0n) is 14.5. The number of thioether (sulfide) groups is 1. The minimum atomic E-state index is -0.0274. The van der Waals surface area contributed by atoms with E-state index in [2.05, 4.69) is 30.5 Å². The van der Waals surface area contributed by atoms with Crippen LogP contribution in [0.25, 0.3) is 0 Å². The van der Waals surface area contributed by atoms with Gasteiger partial charge in [-0.3, -0.25) is 4.68 Å². The molecule has 2 amide bonds. The van der Waals surface area contributed by atoms with Gasteiger partial charge in [-0.2, -0.15) is 16.9 Å². The van der Waals surface area contributed by atoms with Crippen LogP contribution in [-0.2, 0) is 0 Å². The molecule has 1 aromatic rings. The summed E-state index contributed by atoms with van der Waals surface area (Å²) < 4.78 is 1.96. The quantitative estimate of drug-likeness (QED) is 0.916. The highest BCUT2D eigenvalue weighted by Crippen LogP contribution is 2.32. The molecule has 1 aliphatic rings. The Hall–Kier alpha value is -1.17. The molecular weight excluding hydrogens is 296 g/mol. The van der Waals surface area contributed by atoms with Gasteiger partial charge in [-0.25, -0.2) is 4.79 Å². The SMILES string of the molecule is CS[C@@H]1CCC[C@H]1N(C)C(=O)Nc1c(C)nn(C(C)C)c1C. The molecule has 0 aliphatic heterocycles. The molecule has 0 bridgehead atoms. The van der Waals surface area contributed by atoms with Crippen molar-refractivity contribution in [3.63, 3.8) is 0 Å². The summed E-state index contributed by atoms with van der Waals surface area (Å²) in [5.74, 6) is 0. The molecule has 22 heavy (non-hydrogen) atoms. The van der Waals surface area contributed by atoms with Gasteiger partial charge in [0.25, 0.3) is 0 Å². The average molecular weight is 324 g/mol. The summed E-state index contributed by atoms with van der Waals surface area (Å²) in [6.45, 7) is 8.15. The Kier molecular flexibility index (Phi) is 5.42. The lowest BCUT2D eigenvalue weighted by atomic mass is 10.2. The van der Waals surface area contributed by atoms with Crippen LogP contribution in [0.3, 0.4) is 0 Å². The fraction of sp³-hybridized carbons (Fsp3) is 0.750. The van der Waals surface area contributed by atoms with Gasteiger partial charge in [-0.15, -0.1) is 0 Å². The summed E-state index contributed by atoms with van der Waals surface area (Å²) in [7, 11) is 1.91. The topological polar surface area (TPSA) is 50.2 Å². The third-order valence-electron chi connectivity index (χ3n) is 4.58. The van der Waals surface area contributed by atoms with Gasteiger partial charge >= 0.3 is 6.03 Å². The van der Waals surface area contributed by atoms with Crippen LogP contribution >= 0.6 is 11.8 Å². The van der Waals surface area contributed by atoms with E-state index in [1.54, 1.807) is 0 Å². The lowest BCUT2D eigenvalue weighted by Crippen LogP contribution is -2.43. The largest absolute Gasteiger partial charge is 0.323 e. The van der Waals surface area contributed by atoms with Crippen molar-refractivity contribution >= 4 is 23.5 Å². The number of rotatable bonds is 4. The Morgan fingerprint density at radius 3 is 2.64 bits per heavy atom. The number of carbonyl (C=O) groups excluding carboxylic acids is 1. The third kappa shape index (κ3) is 3.26. The van der Waals surface area contributed by atoms with Gasteiger partial charge < -0.3 is 10.2 Å². The van der Waals surface area contributed by atoms with Crippen LogP contribution in [0.1, 0.15) is 50.5 Å². The van der Waals surface area contributed by atoms with Gasteiger partial charge in [-0.05, 0) is 46.8 Å². The third-order valence-corrected chi connectivity index (χ3v) is 5.74. The minimum absolute atomic E-state index is 0.0274. The van der Waals surface area contributed by atoms with Crippen molar-refractivity contribution in [2.45, 2.75) is 64.3 Å². The van der Waals surface area contributed by atoms with Gasteiger partial charge in [0.15, 0.2) is 0 Å². The van der Waals surface area contributed by atoms with Crippen LogP contribution in [0, 0.1) is 13.8 Å². The van der Waals surface area contributed by atoms with Crippen LogP contribution in [0.15, 0.2) is 0 Å². The highest BCUT2D eigenvalue weighted by Gasteiger charge is 2.32. The molecular formula is C16H28N4OS. The van der Waals surface area contributed by atoms with Crippen LogP contribution in [0.2, 0.25) is 0 Å². The van der Waals surface area contributed by atoms with E-state index in [1.165, 1.54) is 12.8 Å². The lowest BCUT2D eigenvalue weighted by Gasteiger charge is -2.29. The number of amides is 2. The predicted molar refractivity (Wildman–Crippen MR) is 93.8 cm³/mol. The number of aromatic nitrogens is 2. The molecule has 1 aliphatic carbocycles. The number of hydrogen-bond acceptors (Lipinski definition) is 3. The van der Waals surface area contributed by atoms with Crippen LogP contribution in [0.5, 0.6) is 0 Å². The molecule has 1 fully saturated rings. The summed E-state index contributed by atoms with van der Waals surface area (Å²) in [5, 5.41) is 8.15. The normalized spacial score (nSPS) is 21.4. The average Bonchev–Trinajstić information content (AvgIpc) is 3.05. The number of hydrogen-bond donors (Lipinski definition) is 1. The summed E-state index contributed by atoms with van der Waals surface area (Å²) >= 11 is 1.87. The minimum Gasteiger partial charge on any atom is -0.323 e. The van der Waals surface area contributed by atoms with Crippen LogP contribution in [0.4, 0.5) is 10.5 Å². The molecule has 124 valence electrons. The first-order valence-electron chi connectivity index (χ1n) is 7.99. The van der Waals surface area contributed by atoms with E-state index < -0.39 is 0 Å². The van der Waals surface area contributed by atoms with Gasteiger partial charge in [0.2, 0.25) is 0 Å². The smallest absolute Gasteiger partial charge is 0.321 e. The fourth-order valence-corrected chi connectivity index (χ4v) is 4.35.